The van der Waals surface area contributed by atoms with Crippen LogP contribution in [0.1, 0.15) is 44.5 Å². The average Bonchev–Trinajstić information content (AvgIpc) is 1.56. The van der Waals surface area contributed by atoms with E-state index in [1.54, 1.807) is 0 Å². The Morgan fingerprint density at radius 3 is 1.07 bits per heavy atom. The summed E-state index contributed by atoms with van der Waals surface area (Å²) in [5.74, 6) is 0. The monoisotopic (exact) mass is 1570 g/mol. The van der Waals surface area contributed by atoms with Gasteiger partial charge in [-0.25, -0.2) is 0 Å². The second-order valence-electron chi connectivity index (χ2n) is 32.3. The molecule has 6 heteroatoms. The van der Waals surface area contributed by atoms with Gasteiger partial charge in [0.25, 0.3) is 0 Å². The number of rotatable bonds is 15. The molecular weight excluding hydrogens is 1500 g/mol. The first-order chi connectivity index (χ1) is 60.5. The van der Waals surface area contributed by atoms with Crippen LogP contribution in [0.4, 0.5) is 17.1 Å². The van der Waals surface area contributed by atoms with E-state index in [0.29, 0.717) is 0 Å². The third-order valence-electron chi connectivity index (χ3n) is 25.9. The van der Waals surface area contributed by atoms with Gasteiger partial charge in [0.05, 0.1) is 39.3 Å². The van der Waals surface area contributed by atoms with Crippen molar-refractivity contribution in [1.82, 2.24) is 13.3 Å². The van der Waals surface area contributed by atoms with E-state index in [0.717, 1.165) is 122 Å². The summed E-state index contributed by atoms with van der Waals surface area (Å²) < 4.78 is 19.0. The van der Waals surface area contributed by atoms with Crippen molar-refractivity contribution in [3.8, 4) is 106 Å². The molecule has 3 heterocycles. The molecule has 0 bridgehead atoms. The Morgan fingerprint density at radius 2 is 0.574 bits per heavy atom. The van der Waals surface area contributed by atoms with Crippen LogP contribution in [0.25, 0.3) is 161 Å². The topological polar surface area (TPSA) is 47.1 Å². The summed E-state index contributed by atoms with van der Waals surface area (Å²) in [6.07, 6.45) is 0. The van der Waals surface area contributed by atoms with Crippen molar-refractivity contribution in [1.29, 1.82) is 0 Å². The van der Waals surface area contributed by atoms with Crippen LogP contribution in [0.5, 0.6) is 0 Å². The Bertz CT molecular complexity index is 7450. The molecule has 22 aromatic rings. The first-order valence-corrected chi connectivity index (χ1v) is 42.5. The molecule has 0 saturated carbocycles. The molecule has 3 aromatic heterocycles. The van der Waals surface area contributed by atoms with Gasteiger partial charge in [-0.05, 0) is 242 Å². The fourth-order valence-electron chi connectivity index (χ4n) is 20.2. The zero-order valence-electron chi connectivity index (χ0n) is 66.3. The van der Waals surface area contributed by atoms with E-state index in [1.807, 2.05) is 12.1 Å². The molecular formula is C116H74N4OS. The van der Waals surface area contributed by atoms with Crippen LogP contribution < -0.4 is 4.90 Å². The van der Waals surface area contributed by atoms with Gasteiger partial charge in [0.15, 0.2) is 0 Å². The standard InChI is InChI=1S/C116H74N4OS/c1-6-22-75(23-7-1)76-46-57-92(58-47-76)119(93-59-48-81(49-60-93)87-54-65-101-100-34-18-21-37-111(100)121-112(101)74-87)110-69-66-95(113-114(110)118-122-117-113)82-50-61-94(62-51-82)120-108-67-55-83(77-38-42-79(43-39-77)85-52-63-98-96-32-16-19-35-104(96)115(106(98)72-85,88-24-8-2-9-25-88)89-26-10-3-11-27-89)70-102(108)103-71-84(56-68-109(103)120)78-40-44-80(45-41-78)86-53-64-99-97-33-17-20-36-105(97)116(107(99)73-86,90-28-12-4-13-29-90)91-30-14-5-15-31-91/h1-74H. The molecule has 0 amide bonds. The summed E-state index contributed by atoms with van der Waals surface area (Å²) in [6.45, 7) is 0. The Hall–Kier alpha value is -15.6. The Kier molecular flexibility index (Phi) is 16.6. The van der Waals surface area contributed by atoms with Crippen LogP contribution >= 0.6 is 11.7 Å². The van der Waals surface area contributed by atoms with Gasteiger partial charge < -0.3 is 13.9 Å². The highest BCUT2D eigenvalue weighted by Crippen LogP contribution is 2.59. The van der Waals surface area contributed by atoms with E-state index in [9.17, 15) is 0 Å². The lowest BCUT2D eigenvalue weighted by atomic mass is 9.67. The number of nitrogens with zero attached hydrogens (tertiary/aromatic N) is 4. The van der Waals surface area contributed by atoms with Crippen LogP contribution in [0.2, 0.25) is 0 Å². The zero-order valence-corrected chi connectivity index (χ0v) is 67.1. The van der Waals surface area contributed by atoms with Gasteiger partial charge in [-0.2, -0.15) is 8.75 Å². The minimum atomic E-state index is -0.492. The van der Waals surface area contributed by atoms with Crippen molar-refractivity contribution in [2.45, 2.75) is 10.8 Å². The average molecular weight is 1570 g/mol. The Balaban J connectivity index is 0.597. The van der Waals surface area contributed by atoms with Crippen molar-refractivity contribution in [2.24, 2.45) is 0 Å². The number of anilines is 3. The fraction of sp³-hybridized carbons (Fsp3) is 0.0172. The zero-order chi connectivity index (χ0) is 80.4. The SMILES string of the molecule is c1ccc(-c2ccc(N(c3ccc(-c4ccc5c(c4)oc4ccccc45)cc3)c3ccc(-c4ccc(-n5c6ccc(-c7ccc(-c8ccc9c(c8)C(c8ccccc8)(c8ccccc8)c8ccccc8-9)cc7)cc6c6cc(-c7ccc(-c8ccc9c(c8)C(c8ccccc8)(c8ccccc8)c8ccccc8-9)cc7)ccc65)cc4)c4nsnc34)cc2)cc1. The molecule has 5 nitrogen and oxygen atoms in total. The Morgan fingerprint density at radius 1 is 0.230 bits per heavy atom. The van der Waals surface area contributed by atoms with Crippen molar-refractivity contribution in [3.63, 3.8) is 0 Å². The first-order valence-electron chi connectivity index (χ1n) is 41.8. The second-order valence-corrected chi connectivity index (χ2v) is 32.8. The largest absolute Gasteiger partial charge is 0.456 e. The van der Waals surface area contributed by atoms with Crippen molar-refractivity contribution >= 4 is 83.6 Å². The summed E-state index contributed by atoms with van der Waals surface area (Å²) in [5, 5.41) is 4.57. The molecule has 2 aliphatic carbocycles. The predicted octanol–water partition coefficient (Wildman–Crippen LogP) is 30.6. The van der Waals surface area contributed by atoms with Crippen LogP contribution in [0.15, 0.2) is 453 Å². The molecule has 2 aliphatic rings. The van der Waals surface area contributed by atoms with Crippen molar-refractivity contribution < 1.29 is 4.42 Å². The molecule has 0 fully saturated rings. The highest BCUT2D eigenvalue weighted by atomic mass is 32.1. The lowest BCUT2D eigenvalue weighted by Crippen LogP contribution is -2.28. The first kappa shape index (κ1) is 70.6. The lowest BCUT2D eigenvalue weighted by Gasteiger charge is -2.34. The molecule has 0 spiro atoms. The quantitative estimate of drug-likeness (QED) is 0.103. The third-order valence-corrected chi connectivity index (χ3v) is 26.5. The maximum Gasteiger partial charge on any atom is 0.136 e. The molecule has 0 unspecified atom stereocenters. The van der Waals surface area contributed by atoms with E-state index in [1.165, 1.54) is 112 Å². The van der Waals surface area contributed by atoms with Crippen molar-refractivity contribution in [3.05, 3.63) is 493 Å². The number of benzene rings is 19. The van der Waals surface area contributed by atoms with Gasteiger partial charge in [0.1, 0.15) is 22.2 Å². The lowest BCUT2D eigenvalue weighted by molar-refractivity contribution is 0.669. The second kappa shape index (κ2) is 28.6. The number of fused-ring (bicyclic) bond motifs is 13. The molecule has 24 rings (SSSR count). The predicted molar refractivity (Wildman–Crippen MR) is 506 cm³/mol. The van der Waals surface area contributed by atoms with Crippen LogP contribution in [0, 0.1) is 0 Å². The smallest absolute Gasteiger partial charge is 0.136 e. The normalized spacial score (nSPS) is 12.9. The summed E-state index contributed by atoms with van der Waals surface area (Å²) in [5.41, 5.74) is 39.9. The highest BCUT2D eigenvalue weighted by molar-refractivity contribution is 7.00. The number of para-hydroxylation sites is 1. The summed E-state index contributed by atoms with van der Waals surface area (Å²) >= 11 is 1.25. The van der Waals surface area contributed by atoms with Gasteiger partial charge in [-0.3, -0.25) is 0 Å². The number of furan rings is 1. The fourth-order valence-corrected chi connectivity index (χ4v) is 20.8. The molecule has 0 atom stereocenters. The number of hydrogen-bond acceptors (Lipinski definition) is 5. The van der Waals surface area contributed by atoms with Crippen molar-refractivity contribution in [2.75, 3.05) is 4.90 Å². The van der Waals surface area contributed by atoms with Gasteiger partial charge in [-0.15, -0.1) is 0 Å². The molecule has 570 valence electrons. The molecule has 0 saturated heterocycles. The molecule has 19 aromatic carbocycles. The maximum absolute atomic E-state index is 6.36. The molecule has 0 radical (unpaired) electrons. The van der Waals surface area contributed by atoms with Crippen LogP contribution in [-0.4, -0.2) is 13.3 Å². The summed E-state index contributed by atoms with van der Waals surface area (Å²) in [4.78, 5) is 2.31. The summed E-state index contributed by atoms with van der Waals surface area (Å²) in [6, 6.07) is 165. The molecule has 0 N–H and O–H groups in total. The molecule has 122 heavy (non-hydrogen) atoms. The maximum atomic E-state index is 6.36. The van der Waals surface area contributed by atoms with Gasteiger partial charge in [-0.1, -0.05) is 346 Å². The third kappa shape index (κ3) is 11.2. The Labute approximate surface area is 711 Å². The minimum Gasteiger partial charge on any atom is -0.456 e. The van der Waals surface area contributed by atoms with Gasteiger partial charge >= 0.3 is 0 Å². The summed E-state index contributed by atoms with van der Waals surface area (Å²) in [7, 11) is 0. The van der Waals surface area contributed by atoms with E-state index in [-0.39, 0.29) is 0 Å². The van der Waals surface area contributed by atoms with E-state index >= 15 is 0 Å². The van der Waals surface area contributed by atoms with Gasteiger partial charge in [0.2, 0.25) is 0 Å². The van der Waals surface area contributed by atoms with E-state index in [4.69, 9.17) is 13.2 Å². The van der Waals surface area contributed by atoms with Crippen LogP contribution in [0.3, 0.4) is 0 Å². The molecule has 0 aliphatic heterocycles. The minimum absolute atomic E-state index is 0.492. The van der Waals surface area contributed by atoms with E-state index < -0.39 is 10.8 Å². The number of hydrogen-bond donors (Lipinski definition) is 0. The highest BCUT2D eigenvalue weighted by Gasteiger charge is 2.48. The van der Waals surface area contributed by atoms with Crippen LogP contribution in [-0.2, 0) is 10.8 Å². The van der Waals surface area contributed by atoms with Gasteiger partial charge in [0, 0.05) is 44.2 Å². The van der Waals surface area contributed by atoms with E-state index in [2.05, 4.69) is 446 Å². The number of aromatic nitrogens is 3.